The lowest BCUT2D eigenvalue weighted by atomic mass is 9.89. The summed E-state index contributed by atoms with van der Waals surface area (Å²) in [6.07, 6.45) is 20.5. The van der Waals surface area contributed by atoms with E-state index in [1.54, 1.807) is 0 Å². The van der Waals surface area contributed by atoms with Crippen LogP contribution in [-0.2, 0) is 0 Å². The standard InChI is InChI=1S/C18H17NS.C12H10O.C8H12.C4H8.C2H6/c1-12(13-7-3-2-4-8-13)18-15-10-6-5-9-14(15)16(19)11-17(18)20;1-3-7-11-9(5-1)10-6-2-4-8-12(10)13-11;1-4-6-7-8(3)5-2;1-3-4-2;1-2/h2-12,20H,19H2,1H3;1-9,11H;4-7H,2H2,1,3H3;3-4H,1-2H3;1-2H3/b;;6-4-,8-7-;4-3-;. The largest absolute Gasteiger partial charge is 0.485 e. The molecule has 0 bridgehead atoms. The van der Waals surface area contributed by atoms with Crippen molar-refractivity contribution >= 4 is 29.1 Å². The van der Waals surface area contributed by atoms with E-state index in [-0.39, 0.29) is 12.0 Å². The van der Waals surface area contributed by atoms with Crippen LogP contribution in [0.3, 0.4) is 0 Å². The van der Waals surface area contributed by atoms with E-state index in [0.717, 1.165) is 21.7 Å². The molecule has 47 heavy (non-hydrogen) atoms. The summed E-state index contributed by atoms with van der Waals surface area (Å²) in [4.78, 5) is 0.956. The molecule has 4 aromatic carbocycles. The van der Waals surface area contributed by atoms with Gasteiger partial charge in [0.15, 0.2) is 0 Å². The zero-order chi connectivity index (χ0) is 34.6. The lowest BCUT2D eigenvalue weighted by molar-refractivity contribution is 0.269. The molecule has 6 rings (SSSR count). The van der Waals surface area contributed by atoms with Gasteiger partial charge in [-0.2, -0.15) is 0 Å². The second-order valence-electron chi connectivity index (χ2n) is 10.8. The summed E-state index contributed by atoms with van der Waals surface area (Å²) in [6.45, 7) is 17.8. The van der Waals surface area contributed by atoms with Crippen molar-refractivity contribution < 1.29 is 4.74 Å². The first-order valence-corrected chi connectivity index (χ1v) is 17.0. The van der Waals surface area contributed by atoms with Gasteiger partial charge in [0.1, 0.15) is 11.9 Å². The highest BCUT2D eigenvalue weighted by Gasteiger charge is 2.31. The number of para-hydroxylation sites is 1. The number of thiol groups is 1. The predicted molar refractivity (Wildman–Crippen MR) is 212 cm³/mol. The molecule has 0 saturated heterocycles. The summed E-state index contributed by atoms with van der Waals surface area (Å²) < 4.78 is 5.77. The average Bonchev–Trinajstić information content (AvgIpc) is 3.51. The predicted octanol–water partition coefficient (Wildman–Crippen LogP) is 12.8. The van der Waals surface area contributed by atoms with Crippen LogP contribution in [0.1, 0.15) is 77.0 Å². The topological polar surface area (TPSA) is 35.2 Å². The van der Waals surface area contributed by atoms with Gasteiger partial charge < -0.3 is 10.5 Å². The molecule has 0 radical (unpaired) electrons. The molecular weight excluding hydrogens is 591 g/mol. The quantitative estimate of drug-likeness (QED) is 0.100. The molecular formula is C44H53NOS. The van der Waals surface area contributed by atoms with Crippen molar-refractivity contribution in [2.45, 2.75) is 71.3 Å². The first kappa shape index (κ1) is 38.7. The number of anilines is 1. The Balaban J connectivity index is 0.000000244. The highest BCUT2D eigenvalue weighted by Crippen LogP contribution is 2.40. The number of ether oxygens (including phenoxy) is 1. The van der Waals surface area contributed by atoms with Crippen LogP contribution >= 0.6 is 12.6 Å². The molecule has 0 amide bonds. The maximum atomic E-state index is 6.12. The number of rotatable bonds is 4. The highest BCUT2D eigenvalue weighted by molar-refractivity contribution is 7.80. The van der Waals surface area contributed by atoms with Crippen LogP contribution in [0.5, 0.6) is 5.75 Å². The molecule has 0 fully saturated rings. The van der Waals surface area contributed by atoms with Crippen LogP contribution in [0, 0.1) is 0 Å². The summed E-state index contributed by atoms with van der Waals surface area (Å²) in [6, 6.07) is 29.0. The third-order valence-electron chi connectivity index (χ3n) is 7.66. The van der Waals surface area contributed by atoms with E-state index in [4.69, 9.17) is 10.5 Å². The Morgan fingerprint density at radius 2 is 1.43 bits per heavy atom. The monoisotopic (exact) mass is 643 g/mol. The average molecular weight is 644 g/mol. The number of allylic oxidation sites excluding steroid dienone is 9. The van der Waals surface area contributed by atoms with Crippen molar-refractivity contribution in [1.29, 1.82) is 0 Å². The Labute approximate surface area is 290 Å². The second kappa shape index (κ2) is 21.3. The van der Waals surface area contributed by atoms with Gasteiger partial charge in [-0.05, 0) is 62.4 Å². The normalized spacial score (nSPS) is 16.1. The van der Waals surface area contributed by atoms with Crippen molar-refractivity contribution in [3.8, 4) is 5.75 Å². The molecule has 1 aliphatic heterocycles. The van der Waals surface area contributed by atoms with Gasteiger partial charge >= 0.3 is 0 Å². The van der Waals surface area contributed by atoms with Crippen molar-refractivity contribution in [3.05, 3.63) is 175 Å². The molecule has 3 heteroatoms. The summed E-state index contributed by atoms with van der Waals surface area (Å²) in [5.41, 5.74) is 11.9. The summed E-state index contributed by atoms with van der Waals surface area (Å²) in [5.74, 6) is 1.75. The van der Waals surface area contributed by atoms with E-state index in [1.807, 2.05) is 114 Å². The van der Waals surface area contributed by atoms with E-state index in [2.05, 4.69) is 99.0 Å². The molecule has 1 heterocycles. The van der Waals surface area contributed by atoms with Crippen LogP contribution in [0.2, 0.25) is 0 Å². The zero-order valence-corrected chi connectivity index (χ0v) is 30.1. The minimum absolute atomic E-state index is 0.224. The summed E-state index contributed by atoms with van der Waals surface area (Å²) in [5, 5.41) is 2.29. The Hall–Kier alpha value is -4.47. The zero-order valence-electron chi connectivity index (χ0n) is 29.2. The van der Waals surface area contributed by atoms with E-state index in [0.29, 0.717) is 5.92 Å². The number of hydrogen-bond acceptors (Lipinski definition) is 3. The minimum atomic E-state index is 0.224. The Bertz CT molecular complexity index is 1670. The third-order valence-corrected chi connectivity index (χ3v) is 8.03. The lowest BCUT2D eigenvalue weighted by Gasteiger charge is -2.18. The summed E-state index contributed by atoms with van der Waals surface area (Å²) in [7, 11) is 0. The molecule has 0 spiro atoms. The fourth-order valence-corrected chi connectivity index (χ4v) is 5.53. The van der Waals surface area contributed by atoms with Gasteiger partial charge in [-0.3, -0.25) is 0 Å². The molecule has 2 nitrogen and oxygen atoms in total. The van der Waals surface area contributed by atoms with Crippen LogP contribution in [-0.4, -0.2) is 6.10 Å². The summed E-state index contributed by atoms with van der Waals surface area (Å²) >= 11 is 4.65. The highest BCUT2D eigenvalue weighted by atomic mass is 32.1. The van der Waals surface area contributed by atoms with Gasteiger partial charge in [0.25, 0.3) is 0 Å². The smallest absolute Gasteiger partial charge is 0.128 e. The molecule has 3 unspecified atom stereocenters. The molecule has 0 saturated carbocycles. The molecule has 246 valence electrons. The van der Waals surface area contributed by atoms with E-state index >= 15 is 0 Å². The van der Waals surface area contributed by atoms with Gasteiger partial charge in [-0.15, -0.1) is 12.6 Å². The number of benzene rings is 4. The lowest BCUT2D eigenvalue weighted by Crippen LogP contribution is -2.15. The SMILES string of the molecule is C/C=C\C.C1=CC2Oc3ccccc3C2C=C1.C=C/C(C)=C\C=C/C.CC.CC(c1ccccc1)c1c(S)cc(N)c2ccccc12. The fourth-order valence-electron chi connectivity index (χ4n) is 5.08. The molecule has 0 aromatic heterocycles. The number of nitrogen functional groups attached to an aromatic ring is 1. The van der Waals surface area contributed by atoms with Crippen LogP contribution in [0.4, 0.5) is 5.69 Å². The van der Waals surface area contributed by atoms with E-state index in [1.165, 1.54) is 27.6 Å². The Morgan fingerprint density at radius 3 is 2.06 bits per heavy atom. The first-order chi connectivity index (χ1) is 22.9. The minimum Gasteiger partial charge on any atom is -0.485 e. The molecule has 3 atom stereocenters. The Kier molecular flexibility index (Phi) is 17.6. The van der Waals surface area contributed by atoms with Gasteiger partial charge in [0.2, 0.25) is 0 Å². The van der Waals surface area contributed by atoms with Crippen LogP contribution in [0.25, 0.3) is 10.8 Å². The van der Waals surface area contributed by atoms with E-state index < -0.39 is 0 Å². The molecule has 2 N–H and O–H groups in total. The first-order valence-electron chi connectivity index (χ1n) is 16.5. The number of fused-ring (bicyclic) bond motifs is 4. The molecule has 1 aliphatic carbocycles. The maximum Gasteiger partial charge on any atom is 0.128 e. The Morgan fingerprint density at radius 1 is 0.830 bits per heavy atom. The van der Waals surface area contributed by atoms with Crippen LogP contribution < -0.4 is 10.5 Å². The molecule has 4 aromatic rings. The van der Waals surface area contributed by atoms with Gasteiger partial charge in [-0.1, -0.05) is 160 Å². The third kappa shape index (κ3) is 11.4. The van der Waals surface area contributed by atoms with Gasteiger partial charge in [0, 0.05) is 33.4 Å². The maximum absolute atomic E-state index is 6.12. The van der Waals surface area contributed by atoms with E-state index in [9.17, 15) is 0 Å². The van der Waals surface area contributed by atoms with Gasteiger partial charge in [0.05, 0.1) is 0 Å². The molecule has 2 aliphatic rings. The number of nitrogens with two attached hydrogens (primary N) is 1. The van der Waals surface area contributed by atoms with Crippen molar-refractivity contribution in [1.82, 2.24) is 0 Å². The van der Waals surface area contributed by atoms with Crippen LogP contribution in [0.15, 0.2) is 163 Å². The number of hydrogen-bond donors (Lipinski definition) is 2. The van der Waals surface area contributed by atoms with Crippen molar-refractivity contribution in [2.75, 3.05) is 5.73 Å². The van der Waals surface area contributed by atoms with Gasteiger partial charge in [-0.25, -0.2) is 0 Å². The fraction of sp³-hybridized carbons (Fsp3) is 0.227. The van der Waals surface area contributed by atoms with Crippen molar-refractivity contribution in [2.24, 2.45) is 0 Å². The van der Waals surface area contributed by atoms with Crippen molar-refractivity contribution in [3.63, 3.8) is 0 Å². The second-order valence-corrected chi connectivity index (χ2v) is 11.3.